The molecule has 1 aliphatic heterocycles. The number of halogens is 1. The summed E-state index contributed by atoms with van der Waals surface area (Å²) in [4.78, 5) is 35.9. The molecule has 0 radical (unpaired) electrons. The Bertz CT molecular complexity index is 1010. The van der Waals surface area contributed by atoms with Crippen LogP contribution in [0.25, 0.3) is 0 Å². The van der Waals surface area contributed by atoms with E-state index in [-0.39, 0.29) is 24.6 Å². The van der Waals surface area contributed by atoms with Crippen molar-refractivity contribution < 1.29 is 28.2 Å². The minimum atomic E-state index is -1.02. The highest BCUT2D eigenvalue weighted by Crippen LogP contribution is 2.29. The van der Waals surface area contributed by atoms with Crippen molar-refractivity contribution in [2.75, 3.05) is 24.4 Å². The molecule has 1 aliphatic rings. The summed E-state index contributed by atoms with van der Waals surface area (Å²) in [6.07, 6.45) is 1.54. The molecule has 164 valence electrons. The molecule has 2 aromatic rings. The highest BCUT2D eigenvalue weighted by atomic mass is 19.1. The second-order valence-corrected chi connectivity index (χ2v) is 7.01. The number of amides is 3. The van der Waals surface area contributed by atoms with Gasteiger partial charge >= 0.3 is 11.8 Å². The van der Waals surface area contributed by atoms with Crippen LogP contribution in [0, 0.1) is 5.82 Å². The summed E-state index contributed by atoms with van der Waals surface area (Å²) < 4.78 is 25.1. The van der Waals surface area contributed by atoms with Crippen molar-refractivity contribution in [1.82, 2.24) is 5.32 Å². The van der Waals surface area contributed by atoms with Crippen molar-refractivity contribution in [3.05, 3.63) is 47.3 Å². The molecule has 0 aromatic heterocycles. The fourth-order valence-corrected chi connectivity index (χ4v) is 3.09. The molecular formula is C22H24FN3O5. The quantitative estimate of drug-likeness (QED) is 0.587. The van der Waals surface area contributed by atoms with Gasteiger partial charge in [-0.1, -0.05) is 13.0 Å². The fraction of sp³-hybridized carbons (Fsp3) is 0.318. The number of anilines is 2. The third-order valence-corrected chi connectivity index (χ3v) is 4.69. The smallest absolute Gasteiger partial charge is 0.313 e. The normalized spacial score (nSPS) is 12.4. The van der Waals surface area contributed by atoms with E-state index in [1.807, 2.05) is 6.92 Å². The minimum absolute atomic E-state index is 0.0688. The van der Waals surface area contributed by atoms with E-state index >= 15 is 0 Å². The first-order valence-electron chi connectivity index (χ1n) is 9.92. The van der Waals surface area contributed by atoms with Crippen LogP contribution in [0.1, 0.15) is 30.9 Å². The van der Waals surface area contributed by atoms with Crippen molar-refractivity contribution in [1.29, 1.82) is 0 Å². The van der Waals surface area contributed by atoms with Gasteiger partial charge in [-0.25, -0.2) is 4.39 Å². The molecule has 2 aromatic carbocycles. The van der Waals surface area contributed by atoms with Crippen LogP contribution < -0.4 is 25.4 Å². The summed E-state index contributed by atoms with van der Waals surface area (Å²) in [7, 11) is 1.51. The van der Waals surface area contributed by atoms with Crippen molar-refractivity contribution >= 4 is 29.1 Å². The predicted octanol–water partition coefficient (Wildman–Crippen LogP) is 2.76. The SMILES string of the molecule is CCCOc1ccc(CNC(=O)C(=O)Nc2cc3c(cc2F)CCC(=O)N3)cc1OC. The van der Waals surface area contributed by atoms with Crippen molar-refractivity contribution in [3.8, 4) is 11.5 Å². The van der Waals surface area contributed by atoms with Gasteiger partial charge in [0, 0.05) is 18.7 Å². The molecule has 3 amide bonds. The molecule has 0 bridgehead atoms. The maximum atomic E-state index is 14.3. The van der Waals surface area contributed by atoms with Crippen LogP contribution in [0.4, 0.5) is 15.8 Å². The largest absolute Gasteiger partial charge is 0.493 e. The molecule has 0 spiro atoms. The van der Waals surface area contributed by atoms with Crippen molar-refractivity contribution in [2.24, 2.45) is 0 Å². The Morgan fingerprint density at radius 1 is 1.13 bits per heavy atom. The van der Waals surface area contributed by atoms with Gasteiger partial charge in [0.1, 0.15) is 5.82 Å². The van der Waals surface area contributed by atoms with Crippen LogP contribution in [0.5, 0.6) is 11.5 Å². The van der Waals surface area contributed by atoms with Gasteiger partial charge in [0.25, 0.3) is 0 Å². The number of hydrogen-bond donors (Lipinski definition) is 3. The van der Waals surface area contributed by atoms with Crippen LogP contribution in [-0.4, -0.2) is 31.4 Å². The standard InChI is InChI=1S/C22H24FN3O5/c1-3-8-31-18-6-4-13(9-19(18)30-2)12-24-21(28)22(29)26-17-11-16-14(10-15(17)23)5-7-20(27)25-16/h4,6,9-11H,3,5,7-8,12H2,1-2H3,(H,24,28)(H,25,27)(H,26,29). The first-order chi connectivity index (χ1) is 14.9. The summed E-state index contributed by atoms with van der Waals surface area (Å²) in [6, 6.07) is 7.74. The molecule has 8 nitrogen and oxygen atoms in total. The monoisotopic (exact) mass is 429 g/mol. The molecule has 1 heterocycles. The lowest BCUT2D eigenvalue weighted by Gasteiger charge is -2.18. The maximum absolute atomic E-state index is 14.3. The molecule has 0 fully saturated rings. The molecule has 31 heavy (non-hydrogen) atoms. The number of fused-ring (bicyclic) bond motifs is 1. The van der Waals surface area contributed by atoms with Gasteiger partial charge in [-0.05, 0) is 48.2 Å². The van der Waals surface area contributed by atoms with E-state index in [0.29, 0.717) is 41.3 Å². The Balaban J connectivity index is 1.61. The van der Waals surface area contributed by atoms with Gasteiger partial charge in [-0.15, -0.1) is 0 Å². The van der Waals surface area contributed by atoms with Crippen molar-refractivity contribution in [3.63, 3.8) is 0 Å². The Hall–Kier alpha value is -3.62. The second kappa shape index (κ2) is 9.92. The molecule has 0 atom stereocenters. The minimum Gasteiger partial charge on any atom is -0.493 e. The Morgan fingerprint density at radius 3 is 2.68 bits per heavy atom. The van der Waals surface area contributed by atoms with Gasteiger partial charge in [0.15, 0.2) is 11.5 Å². The summed E-state index contributed by atoms with van der Waals surface area (Å²) in [5.74, 6) is -1.70. The Morgan fingerprint density at radius 2 is 1.94 bits per heavy atom. The number of hydrogen-bond acceptors (Lipinski definition) is 5. The molecule has 9 heteroatoms. The first kappa shape index (κ1) is 22.1. The Labute approximate surface area is 179 Å². The summed E-state index contributed by atoms with van der Waals surface area (Å²) in [5.41, 5.74) is 1.58. The number of rotatable bonds is 7. The van der Waals surface area contributed by atoms with Gasteiger partial charge in [0.05, 0.1) is 19.4 Å². The van der Waals surface area contributed by atoms with E-state index in [2.05, 4.69) is 16.0 Å². The molecule has 3 rings (SSSR count). The van der Waals surface area contributed by atoms with Gasteiger partial charge in [0.2, 0.25) is 5.91 Å². The number of carbonyl (C=O) groups is 3. The van der Waals surface area contributed by atoms with E-state index < -0.39 is 17.6 Å². The molecule has 0 unspecified atom stereocenters. The third kappa shape index (κ3) is 5.50. The number of methoxy groups -OCH3 is 1. The highest BCUT2D eigenvalue weighted by molar-refractivity contribution is 6.39. The summed E-state index contributed by atoms with van der Waals surface area (Å²) in [6.45, 7) is 2.61. The van der Waals surface area contributed by atoms with Crippen LogP contribution in [0.3, 0.4) is 0 Å². The maximum Gasteiger partial charge on any atom is 0.313 e. The number of benzene rings is 2. The second-order valence-electron chi connectivity index (χ2n) is 7.01. The van der Waals surface area contributed by atoms with E-state index in [4.69, 9.17) is 9.47 Å². The molecule has 0 aliphatic carbocycles. The zero-order valence-corrected chi connectivity index (χ0v) is 17.3. The summed E-state index contributed by atoms with van der Waals surface area (Å²) in [5, 5.41) is 7.35. The summed E-state index contributed by atoms with van der Waals surface area (Å²) >= 11 is 0. The highest BCUT2D eigenvalue weighted by Gasteiger charge is 2.20. The van der Waals surface area contributed by atoms with E-state index in [1.54, 1.807) is 18.2 Å². The van der Waals surface area contributed by atoms with E-state index in [9.17, 15) is 18.8 Å². The van der Waals surface area contributed by atoms with E-state index in [0.717, 1.165) is 6.42 Å². The molecule has 0 saturated heterocycles. The lowest BCUT2D eigenvalue weighted by molar-refractivity contribution is -0.136. The lowest BCUT2D eigenvalue weighted by Crippen LogP contribution is -2.35. The zero-order chi connectivity index (χ0) is 22.4. The van der Waals surface area contributed by atoms with Crippen LogP contribution in [0.15, 0.2) is 30.3 Å². The van der Waals surface area contributed by atoms with Crippen molar-refractivity contribution in [2.45, 2.75) is 32.7 Å². The van der Waals surface area contributed by atoms with Crippen LogP contribution in [-0.2, 0) is 27.3 Å². The van der Waals surface area contributed by atoms with Gasteiger partial charge in [-0.2, -0.15) is 0 Å². The number of carbonyl (C=O) groups excluding carboxylic acids is 3. The molecular weight excluding hydrogens is 405 g/mol. The van der Waals surface area contributed by atoms with Crippen LogP contribution >= 0.6 is 0 Å². The van der Waals surface area contributed by atoms with Crippen LogP contribution in [0.2, 0.25) is 0 Å². The average molecular weight is 429 g/mol. The lowest BCUT2D eigenvalue weighted by atomic mass is 10.0. The predicted molar refractivity (Wildman–Crippen MR) is 113 cm³/mol. The van der Waals surface area contributed by atoms with Gasteiger partial charge in [-0.3, -0.25) is 14.4 Å². The Kier molecular flexibility index (Phi) is 7.07. The average Bonchev–Trinajstić information content (AvgIpc) is 2.76. The number of nitrogens with one attached hydrogen (secondary N) is 3. The first-order valence-corrected chi connectivity index (χ1v) is 9.92. The topological polar surface area (TPSA) is 106 Å². The number of aryl methyl sites for hydroxylation is 1. The number of ether oxygens (including phenoxy) is 2. The zero-order valence-electron chi connectivity index (χ0n) is 17.3. The fourth-order valence-electron chi connectivity index (χ4n) is 3.09. The van der Waals surface area contributed by atoms with E-state index in [1.165, 1.54) is 19.2 Å². The molecule has 3 N–H and O–H groups in total. The molecule has 0 saturated carbocycles. The third-order valence-electron chi connectivity index (χ3n) is 4.69. The van der Waals surface area contributed by atoms with Gasteiger partial charge < -0.3 is 25.4 Å².